The van der Waals surface area contributed by atoms with Crippen LogP contribution < -0.4 is 5.32 Å². The van der Waals surface area contributed by atoms with Crippen molar-refractivity contribution in [1.29, 1.82) is 0 Å². The van der Waals surface area contributed by atoms with Gasteiger partial charge in [-0.1, -0.05) is 17.8 Å². The summed E-state index contributed by atoms with van der Waals surface area (Å²) in [6.45, 7) is 5.18. The normalized spacial score (nSPS) is 17.9. The maximum atomic E-state index is 14.9. The predicted molar refractivity (Wildman–Crippen MR) is 164 cm³/mol. The van der Waals surface area contributed by atoms with E-state index in [1.165, 1.54) is 43.8 Å². The number of rotatable bonds is 10. The Bertz CT molecular complexity index is 1570. The number of amides is 1. The number of nitrogens with one attached hydrogen (secondary N) is 1. The van der Waals surface area contributed by atoms with Gasteiger partial charge in [0, 0.05) is 42.2 Å². The molecule has 6 rings (SSSR count). The van der Waals surface area contributed by atoms with Crippen molar-refractivity contribution in [2.45, 2.75) is 61.1 Å². The van der Waals surface area contributed by atoms with E-state index in [0.717, 1.165) is 65.8 Å². The van der Waals surface area contributed by atoms with Crippen LogP contribution in [0.2, 0.25) is 0 Å². The molecule has 1 atom stereocenters. The van der Waals surface area contributed by atoms with Crippen LogP contribution in [-0.2, 0) is 11.3 Å². The van der Waals surface area contributed by atoms with Crippen molar-refractivity contribution in [3.63, 3.8) is 0 Å². The Morgan fingerprint density at radius 1 is 1.14 bits per heavy atom. The summed E-state index contributed by atoms with van der Waals surface area (Å²) in [6.07, 6.45) is 14.6. The second kappa shape index (κ2) is 13.2. The van der Waals surface area contributed by atoms with Gasteiger partial charge in [0.2, 0.25) is 0 Å². The molecule has 0 saturated carbocycles. The molecule has 42 heavy (non-hydrogen) atoms. The third-order valence-electron chi connectivity index (χ3n) is 7.94. The van der Waals surface area contributed by atoms with Crippen LogP contribution in [0.5, 0.6) is 0 Å². The van der Waals surface area contributed by atoms with E-state index >= 15 is 0 Å². The second-order valence-electron chi connectivity index (χ2n) is 10.9. The first-order valence-corrected chi connectivity index (χ1v) is 15.7. The highest BCUT2D eigenvalue weighted by molar-refractivity contribution is 7.99. The Morgan fingerprint density at radius 3 is 2.83 bits per heavy atom. The molecule has 1 amide bonds. The Labute approximate surface area is 249 Å². The van der Waals surface area contributed by atoms with E-state index in [2.05, 4.69) is 27.6 Å². The van der Waals surface area contributed by atoms with Crippen LogP contribution in [0.1, 0.15) is 66.4 Å². The van der Waals surface area contributed by atoms with E-state index in [1.807, 2.05) is 39.8 Å². The summed E-state index contributed by atoms with van der Waals surface area (Å²) in [5.41, 5.74) is 3.10. The highest BCUT2D eigenvalue weighted by Gasteiger charge is 2.22. The first-order chi connectivity index (χ1) is 20.6. The number of benzene rings is 2. The van der Waals surface area contributed by atoms with Gasteiger partial charge in [-0.3, -0.25) is 9.48 Å². The zero-order chi connectivity index (χ0) is 28.9. The summed E-state index contributed by atoms with van der Waals surface area (Å²) in [7, 11) is 1.55. The molecular weight excluding hydrogens is 551 g/mol. The van der Waals surface area contributed by atoms with Crippen LogP contribution in [0.3, 0.4) is 0 Å². The monoisotopic (exact) mass is 588 g/mol. The zero-order valence-corrected chi connectivity index (χ0v) is 24.8. The summed E-state index contributed by atoms with van der Waals surface area (Å²) in [5.74, 6) is -0.744. The van der Waals surface area contributed by atoms with Gasteiger partial charge in [0.05, 0.1) is 27.9 Å². The second-order valence-corrected chi connectivity index (χ2v) is 12.0. The lowest BCUT2D eigenvalue weighted by atomic mass is 10.1. The molecule has 2 aliphatic heterocycles. The van der Waals surface area contributed by atoms with E-state index in [-0.39, 0.29) is 12.1 Å². The van der Waals surface area contributed by atoms with Crippen molar-refractivity contribution in [3.8, 4) is 0 Å². The first kappa shape index (κ1) is 28.6. The number of fused-ring (bicyclic) bond motifs is 1. The number of carbonyl (C=O) groups excluding carboxylic acids is 1. The smallest absolute Gasteiger partial charge is 0.252 e. The highest BCUT2D eigenvalue weighted by Crippen LogP contribution is 2.36. The topological polar surface area (TPSA) is 77.2 Å². The fraction of sp³-hybridized carbons (Fsp3) is 0.406. The maximum absolute atomic E-state index is 14.9. The fourth-order valence-corrected chi connectivity index (χ4v) is 6.71. The Hall–Kier alpha value is -3.47. The molecule has 2 saturated heterocycles. The average molecular weight is 589 g/mol. The Balaban J connectivity index is 1.25. The summed E-state index contributed by atoms with van der Waals surface area (Å²) in [4.78, 5) is 16.1. The van der Waals surface area contributed by atoms with Crippen molar-refractivity contribution >= 4 is 40.7 Å². The van der Waals surface area contributed by atoms with Gasteiger partial charge >= 0.3 is 0 Å². The van der Waals surface area contributed by atoms with Gasteiger partial charge in [-0.2, -0.15) is 10.2 Å². The Morgan fingerprint density at radius 2 is 2.02 bits per heavy atom. The van der Waals surface area contributed by atoms with Gasteiger partial charge in [0.1, 0.15) is 5.82 Å². The molecule has 8 nitrogen and oxygen atoms in total. The number of aromatic nitrogens is 4. The minimum atomic E-state index is -0.425. The molecule has 4 aromatic rings. The summed E-state index contributed by atoms with van der Waals surface area (Å²) >= 11 is 1.24. The zero-order valence-electron chi connectivity index (χ0n) is 24.0. The number of likely N-dealkylation sites (tertiary alicyclic amines) is 1. The van der Waals surface area contributed by atoms with E-state index in [9.17, 15) is 9.18 Å². The number of halogens is 1. The third kappa shape index (κ3) is 6.45. The van der Waals surface area contributed by atoms with Crippen LogP contribution >= 0.6 is 11.8 Å². The minimum absolute atomic E-state index is 0.156. The fourth-order valence-electron chi connectivity index (χ4n) is 5.73. The van der Waals surface area contributed by atoms with Crippen LogP contribution in [0, 0.1) is 5.82 Å². The molecule has 2 aromatic carbocycles. The quantitative estimate of drug-likeness (QED) is 0.236. The number of hydrogen-bond donors (Lipinski definition) is 1. The number of aryl methyl sites for hydroxylation is 1. The molecule has 2 fully saturated rings. The molecule has 2 aliphatic rings. The Kier molecular flexibility index (Phi) is 9.02. The van der Waals surface area contributed by atoms with Gasteiger partial charge in [-0.15, -0.1) is 0 Å². The van der Waals surface area contributed by atoms with Crippen molar-refractivity contribution < 1.29 is 13.9 Å². The van der Waals surface area contributed by atoms with Crippen LogP contribution in [0.25, 0.3) is 23.1 Å². The maximum Gasteiger partial charge on any atom is 0.252 e. The van der Waals surface area contributed by atoms with Gasteiger partial charge < -0.3 is 15.0 Å². The van der Waals surface area contributed by atoms with E-state index in [0.29, 0.717) is 17.1 Å². The molecular formula is C32H37FN6O2S. The molecule has 1 unspecified atom stereocenters. The number of carbonyl (C=O) groups is 1. The SMILES string of the molecule is CNC(=O)c1cccc(F)c1Sc1ccc2c(/C=C/c3cnn(CCCN4CCCC4)c3)nn(C3CCCCO3)c2c1. The average Bonchev–Trinajstić information content (AvgIpc) is 3.78. The predicted octanol–water partition coefficient (Wildman–Crippen LogP) is 6.24. The van der Waals surface area contributed by atoms with E-state index < -0.39 is 5.82 Å². The van der Waals surface area contributed by atoms with Gasteiger partial charge in [0.25, 0.3) is 5.91 Å². The summed E-state index contributed by atoms with van der Waals surface area (Å²) in [5, 5.41) is 13.1. The largest absolute Gasteiger partial charge is 0.356 e. The standard InChI is InChI=1S/C32H37FN6O2S/c1-34-32(40)26-8-6-9-27(33)31(26)42-24-12-13-25-28(36-39(29(25)20-24)30-10-2-5-19-41-30)14-11-23-21-35-38(22-23)18-7-17-37-15-3-4-16-37/h6,8-9,11-14,20-22,30H,2-5,7,10,15-19H2,1H3,(H,34,40)/b14-11+. The summed E-state index contributed by atoms with van der Waals surface area (Å²) in [6, 6.07) is 10.6. The molecule has 10 heteroatoms. The first-order valence-electron chi connectivity index (χ1n) is 14.8. The third-order valence-corrected chi connectivity index (χ3v) is 9.05. The molecule has 0 spiro atoms. The number of ether oxygens (including phenoxy) is 1. The van der Waals surface area contributed by atoms with Crippen molar-refractivity contribution in [2.75, 3.05) is 33.3 Å². The molecule has 220 valence electrons. The highest BCUT2D eigenvalue weighted by atomic mass is 32.2. The van der Waals surface area contributed by atoms with E-state index in [1.54, 1.807) is 19.2 Å². The van der Waals surface area contributed by atoms with Crippen LogP contribution in [-0.4, -0.2) is 63.7 Å². The van der Waals surface area contributed by atoms with E-state index in [4.69, 9.17) is 9.84 Å². The molecule has 0 aliphatic carbocycles. The lowest BCUT2D eigenvalue weighted by molar-refractivity contribution is -0.0367. The van der Waals surface area contributed by atoms with Crippen molar-refractivity contribution in [2.24, 2.45) is 0 Å². The molecule has 4 heterocycles. The van der Waals surface area contributed by atoms with Crippen LogP contribution in [0.4, 0.5) is 4.39 Å². The molecule has 1 N–H and O–H groups in total. The van der Waals surface area contributed by atoms with Crippen molar-refractivity contribution in [3.05, 3.63) is 71.4 Å². The van der Waals surface area contributed by atoms with Gasteiger partial charge in [-0.05, 0) is 101 Å². The van der Waals surface area contributed by atoms with Crippen LogP contribution in [0.15, 0.2) is 58.6 Å². The molecule has 0 bridgehead atoms. The van der Waals surface area contributed by atoms with Gasteiger partial charge in [0.15, 0.2) is 6.23 Å². The molecule has 2 aromatic heterocycles. The van der Waals surface area contributed by atoms with Crippen molar-refractivity contribution in [1.82, 2.24) is 29.8 Å². The summed E-state index contributed by atoms with van der Waals surface area (Å²) < 4.78 is 24.9. The van der Waals surface area contributed by atoms with Gasteiger partial charge in [-0.25, -0.2) is 9.07 Å². The molecule has 0 radical (unpaired) electrons. The lowest BCUT2D eigenvalue weighted by Gasteiger charge is -2.23. The minimum Gasteiger partial charge on any atom is -0.356 e. The number of nitrogens with zero attached hydrogens (tertiary/aromatic N) is 5. The lowest BCUT2D eigenvalue weighted by Crippen LogP contribution is -2.21. The number of hydrogen-bond acceptors (Lipinski definition) is 6.